The number of aliphatic hydroxyl groups is 1. The Morgan fingerprint density at radius 2 is 1.72 bits per heavy atom. The summed E-state index contributed by atoms with van der Waals surface area (Å²) >= 11 is 0. The molecule has 1 N–H and O–H groups in total. The van der Waals surface area contributed by atoms with Gasteiger partial charge in [-0.3, -0.25) is 0 Å². The summed E-state index contributed by atoms with van der Waals surface area (Å²) < 4.78 is 0. The molecule has 96 valence electrons. The summed E-state index contributed by atoms with van der Waals surface area (Å²) in [5.74, 6) is 0.556. The van der Waals surface area contributed by atoms with Crippen LogP contribution < -0.4 is 0 Å². The first-order chi connectivity index (χ1) is 8.63. The molecule has 2 aromatic rings. The Morgan fingerprint density at radius 1 is 1.06 bits per heavy atom. The molecule has 2 unspecified atom stereocenters. The van der Waals surface area contributed by atoms with Gasteiger partial charge in [0.05, 0.1) is 6.10 Å². The van der Waals surface area contributed by atoms with Crippen molar-refractivity contribution < 1.29 is 5.11 Å². The Bertz CT molecular complexity index is 530. The van der Waals surface area contributed by atoms with Gasteiger partial charge in [-0.1, -0.05) is 56.7 Å². The van der Waals surface area contributed by atoms with Gasteiger partial charge in [-0.15, -0.1) is 0 Å². The molecule has 1 nitrogen and oxygen atoms in total. The second kappa shape index (κ2) is 5.53. The fourth-order valence-corrected chi connectivity index (χ4v) is 2.44. The zero-order chi connectivity index (χ0) is 13.1. The van der Waals surface area contributed by atoms with E-state index in [2.05, 4.69) is 51.1 Å². The summed E-state index contributed by atoms with van der Waals surface area (Å²) in [6, 6.07) is 12.5. The van der Waals surface area contributed by atoms with E-state index in [4.69, 9.17) is 0 Å². The lowest BCUT2D eigenvalue weighted by Gasteiger charge is -2.18. The molecule has 0 spiro atoms. The maximum absolute atomic E-state index is 10.4. The summed E-state index contributed by atoms with van der Waals surface area (Å²) in [7, 11) is 0. The fourth-order valence-electron chi connectivity index (χ4n) is 2.44. The average molecular weight is 242 g/mol. The molecular weight excluding hydrogens is 220 g/mol. The number of hydrogen-bond acceptors (Lipinski definition) is 1. The molecular formula is C17H22O. The van der Waals surface area contributed by atoms with Crippen LogP contribution in [0.1, 0.15) is 43.9 Å². The summed E-state index contributed by atoms with van der Waals surface area (Å²) in [5, 5.41) is 12.8. The van der Waals surface area contributed by atoms with Crippen LogP contribution in [0.5, 0.6) is 0 Å². The molecule has 0 aliphatic carbocycles. The maximum atomic E-state index is 10.4. The van der Waals surface area contributed by atoms with Crippen molar-refractivity contribution in [2.75, 3.05) is 0 Å². The zero-order valence-electron chi connectivity index (χ0n) is 11.5. The van der Waals surface area contributed by atoms with Gasteiger partial charge in [0, 0.05) is 0 Å². The minimum absolute atomic E-state index is 0.356. The first kappa shape index (κ1) is 13.1. The monoisotopic (exact) mass is 242 g/mol. The lowest BCUT2D eigenvalue weighted by Crippen LogP contribution is -2.04. The first-order valence-corrected chi connectivity index (χ1v) is 6.79. The largest absolute Gasteiger partial charge is 0.388 e. The van der Waals surface area contributed by atoms with Crippen LogP contribution in [0.15, 0.2) is 36.4 Å². The Kier molecular flexibility index (Phi) is 4.03. The number of aryl methyl sites for hydroxylation is 1. The van der Waals surface area contributed by atoms with Gasteiger partial charge in [-0.2, -0.15) is 0 Å². The molecule has 0 saturated carbocycles. The highest BCUT2D eigenvalue weighted by Gasteiger charge is 2.14. The van der Waals surface area contributed by atoms with E-state index < -0.39 is 0 Å². The van der Waals surface area contributed by atoms with Crippen molar-refractivity contribution in [1.82, 2.24) is 0 Å². The summed E-state index contributed by atoms with van der Waals surface area (Å²) in [5.41, 5.74) is 2.33. The normalized spacial score (nSPS) is 14.7. The zero-order valence-corrected chi connectivity index (χ0v) is 11.5. The van der Waals surface area contributed by atoms with Crippen LogP contribution in [0.2, 0.25) is 0 Å². The molecule has 0 aromatic heterocycles. The van der Waals surface area contributed by atoms with Crippen LogP contribution in [-0.4, -0.2) is 5.11 Å². The molecule has 0 heterocycles. The van der Waals surface area contributed by atoms with Gasteiger partial charge in [0.1, 0.15) is 0 Å². The Labute approximate surface area is 109 Å². The van der Waals surface area contributed by atoms with Crippen LogP contribution in [-0.2, 0) is 0 Å². The predicted molar refractivity (Wildman–Crippen MR) is 77.7 cm³/mol. The van der Waals surface area contributed by atoms with Crippen molar-refractivity contribution in [1.29, 1.82) is 0 Å². The quantitative estimate of drug-likeness (QED) is 0.829. The number of benzene rings is 2. The van der Waals surface area contributed by atoms with Gasteiger partial charge in [0.2, 0.25) is 0 Å². The van der Waals surface area contributed by atoms with Crippen molar-refractivity contribution in [3.63, 3.8) is 0 Å². The van der Waals surface area contributed by atoms with Crippen LogP contribution in [0.4, 0.5) is 0 Å². The van der Waals surface area contributed by atoms with E-state index in [0.717, 1.165) is 18.4 Å². The molecule has 2 rings (SSSR count). The number of hydrogen-bond donors (Lipinski definition) is 1. The fraction of sp³-hybridized carbons (Fsp3) is 0.412. The Morgan fingerprint density at radius 3 is 2.39 bits per heavy atom. The van der Waals surface area contributed by atoms with E-state index in [9.17, 15) is 5.11 Å². The number of aliphatic hydroxyl groups excluding tert-OH is 1. The van der Waals surface area contributed by atoms with E-state index in [-0.39, 0.29) is 6.10 Å². The highest BCUT2D eigenvalue weighted by Crippen LogP contribution is 2.30. The van der Waals surface area contributed by atoms with E-state index in [1.807, 2.05) is 6.07 Å². The summed E-state index contributed by atoms with van der Waals surface area (Å²) in [4.78, 5) is 0. The standard InChI is InChI=1S/C17H22O/c1-4-12(2)11-17(18)16-10-9-13(3)14-7-5-6-8-15(14)16/h5-10,12,17-18H,4,11H2,1-3H3. The van der Waals surface area contributed by atoms with Gasteiger partial charge >= 0.3 is 0 Å². The molecule has 2 atom stereocenters. The molecule has 18 heavy (non-hydrogen) atoms. The minimum atomic E-state index is -0.356. The van der Waals surface area contributed by atoms with E-state index in [1.165, 1.54) is 16.3 Å². The smallest absolute Gasteiger partial charge is 0.0798 e. The molecule has 0 aliphatic heterocycles. The third-order valence-corrected chi connectivity index (χ3v) is 3.86. The van der Waals surface area contributed by atoms with Crippen molar-refractivity contribution >= 4 is 10.8 Å². The van der Waals surface area contributed by atoms with E-state index >= 15 is 0 Å². The third-order valence-electron chi connectivity index (χ3n) is 3.86. The van der Waals surface area contributed by atoms with Gasteiger partial charge in [-0.05, 0) is 41.2 Å². The van der Waals surface area contributed by atoms with Crippen molar-refractivity contribution in [3.8, 4) is 0 Å². The Balaban J connectivity index is 2.42. The SMILES string of the molecule is CCC(C)CC(O)c1ccc(C)c2ccccc12. The summed E-state index contributed by atoms with van der Waals surface area (Å²) in [6.45, 7) is 6.48. The molecule has 0 radical (unpaired) electrons. The number of fused-ring (bicyclic) bond motifs is 1. The second-order valence-electron chi connectivity index (χ2n) is 5.28. The molecule has 1 heteroatoms. The van der Waals surface area contributed by atoms with Crippen LogP contribution in [0.25, 0.3) is 10.8 Å². The lowest BCUT2D eigenvalue weighted by molar-refractivity contribution is 0.148. The van der Waals surface area contributed by atoms with Crippen LogP contribution in [0, 0.1) is 12.8 Å². The molecule has 0 bridgehead atoms. The molecule has 0 saturated heterocycles. The van der Waals surface area contributed by atoms with Crippen molar-refractivity contribution in [2.45, 2.75) is 39.7 Å². The third kappa shape index (κ3) is 2.56. The van der Waals surface area contributed by atoms with Gasteiger partial charge in [-0.25, -0.2) is 0 Å². The van der Waals surface area contributed by atoms with Crippen molar-refractivity contribution in [2.24, 2.45) is 5.92 Å². The predicted octanol–water partition coefficient (Wildman–Crippen LogP) is 4.62. The molecule has 0 fully saturated rings. The maximum Gasteiger partial charge on any atom is 0.0798 e. The lowest BCUT2D eigenvalue weighted by atomic mass is 9.92. The topological polar surface area (TPSA) is 20.2 Å². The highest BCUT2D eigenvalue weighted by atomic mass is 16.3. The van der Waals surface area contributed by atoms with Gasteiger partial charge in [0.15, 0.2) is 0 Å². The molecule has 2 aromatic carbocycles. The molecule has 0 amide bonds. The van der Waals surface area contributed by atoms with Gasteiger partial charge < -0.3 is 5.11 Å². The van der Waals surface area contributed by atoms with Crippen molar-refractivity contribution in [3.05, 3.63) is 47.5 Å². The average Bonchev–Trinajstić information content (AvgIpc) is 2.39. The highest BCUT2D eigenvalue weighted by molar-refractivity contribution is 5.88. The second-order valence-corrected chi connectivity index (χ2v) is 5.28. The van der Waals surface area contributed by atoms with E-state index in [0.29, 0.717) is 5.92 Å². The van der Waals surface area contributed by atoms with Crippen LogP contribution in [0.3, 0.4) is 0 Å². The van der Waals surface area contributed by atoms with Crippen LogP contribution >= 0.6 is 0 Å². The minimum Gasteiger partial charge on any atom is -0.388 e. The molecule has 0 aliphatic rings. The Hall–Kier alpha value is -1.34. The first-order valence-electron chi connectivity index (χ1n) is 6.79. The van der Waals surface area contributed by atoms with Gasteiger partial charge in [0.25, 0.3) is 0 Å². The summed E-state index contributed by atoms with van der Waals surface area (Å²) in [6.07, 6.45) is 1.59. The number of rotatable bonds is 4. The van der Waals surface area contributed by atoms with E-state index in [1.54, 1.807) is 0 Å².